The Kier molecular flexibility index (Phi) is 8.27. The maximum atomic E-state index is 6.83. The average Bonchev–Trinajstić information content (AvgIpc) is 2.78. The zero-order valence-electron chi connectivity index (χ0n) is 18.6. The van der Waals surface area contributed by atoms with Gasteiger partial charge in [0.1, 0.15) is 0 Å². The first kappa shape index (κ1) is 23.5. The van der Waals surface area contributed by atoms with Gasteiger partial charge in [0.05, 0.1) is 19.8 Å². The first-order valence-electron chi connectivity index (χ1n) is 10.6. The van der Waals surface area contributed by atoms with E-state index in [0.29, 0.717) is 24.9 Å². The van der Waals surface area contributed by atoms with Gasteiger partial charge in [-0.25, -0.2) is 0 Å². The molecule has 0 aromatic heterocycles. The lowest BCUT2D eigenvalue weighted by Gasteiger charge is -2.43. The van der Waals surface area contributed by atoms with Crippen LogP contribution >= 0.6 is 11.6 Å². The van der Waals surface area contributed by atoms with Gasteiger partial charge < -0.3 is 9.16 Å². The summed E-state index contributed by atoms with van der Waals surface area (Å²) in [6.45, 7) is 8.18. The molecule has 0 amide bonds. The van der Waals surface area contributed by atoms with Gasteiger partial charge in [0, 0.05) is 5.03 Å². The highest BCUT2D eigenvalue weighted by Gasteiger charge is 2.50. The second-order valence-electron chi connectivity index (χ2n) is 8.60. The Morgan fingerprint density at radius 2 is 1.29 bits per heavy atom. The summed E-state index contributed by atoms with van der Waals surface area (Å²) >= 11 is 6.57. The highest BCUT2D eigenvalue weighted by atomic mass is 35.5. The maximum absolute atomic E-state index is 6.83. The molecule has 3 aromatic carbocycles. The Labute approximate surface area is 192 Å². The number of rotatable bonds is 9. The molecule has 0 bridgehead atoms. The van der Waals surface area contributed by atoms with Crippen LogP contribution in [-0.4, -0.2) is 21.5 Å². The van der Waals surface area contributed by atoms with E-state index in [2.05, 4.69) is 81.4 Å². The Balaban J connectivity index is 1.77. The Morgan fingerprint density at radius 1 is 0.806 bits per heavy atom. The Bertz CT molecular complexity index is 911. The molecule has 0 atom stereocenters. The van der Waals surface area contributed by atoms with Crippen molar-refractivity contribution in [3.05, 3.63) is 108 Å². The van der Waals surface area contributed by atoms with Gasteiger partial charge in [-0.3, -0.25) is 0 Å². The molecular formula is C27H31ClO2Si. The molecular weight excluding hydrogens is 420 g/mol. The van der Waals surface area contributed by atoms with Gasteiger partial charge in [-0.2, -0.15) is 0 Å². The quantitative estimate of drug-likeness (QED) is 0.298. The number of halogens is 1. The van der Waals surface area contributed by atoms with Gasteiger partial charge in [-0.05, 0) is 27.1 Å². The number of benzene rings is 3. The molecule has 3 aromatic rings. The lowest BCUT2D eigenvalue weighted by atomic mass is 10.2. The average molecular weight is 451 g/mol. The number of hydrogen-bond donors (Lipinski definition) is 0. The van der Waals surface area contributed by atoms with Crippen molar-refractivity contribution in [2.75, 3.05) is 13.2 Å². The number of hydrogen-bond acceptors (Lipinski definition) is 2. The van der Waals surface area contributed by atoms with Gasteiger partial charge in [0.2, 0.25) is 0 Å². The maximum Gasteiger partial charge on any atom is 0.261 e. The van der Waals surface area contributed by atoms with Crippen LogP contribution in [0.15, 0.2) is 102 Å². The molecule has 162 valence electrons. The van der Waals surface area contributed by atoms with Gasteiger partial charge in [-0.1, -0.05) is 123 Å². The minimum Gasteiger partial charge on any atom is -0.402 e. The lowest BCUT2D eigenvalue weighted by Crippen LogP contribution is -2.66. The van der Waals surface area contributed by atoms with Crippen molar-refractivity contribution in [1.82, 2.24) is 0 Å². The van der Waals surface area contributed by atoms with E-state index in [-0.39, 0.29) is 5.04 Å². The third-order valence-corrected chi connectivity index (χ3v) is 10.6. The number of ether oxygens (including phenoxy) is 1. The topological polar surface area (TPSA) is 18.5 Å². The first-order valence-corrected chi connectivity index (χ1v) is 12.9. The molecule has 2 nitrogen and oxygen atoms in total. The van der Waals surface area contributed by atoms with Gasteiger partial charge in [-0.15, -0.1) is 0 Å². The zero-order valence-corrected chi connectivity index (χ0v) is 20.3. The molecule has 0 aliphatic rings. The highest BCUT2D eigenvalue weighted by Crippen LogP contribution is 2.37. The third-order valence-electron chi connectivity index (χ3n) is 5.38. The molecule has 0 aliphatic heterocycles. The molecule has 31 heavy (non-hydrogen) atoms. The minimum atomic E-state index is -2.58. The van der Waals surface area contributed by atoms with E-state index in [1.54, 1.807) is 0 Å². The van der Waals surface area contributed by atoms with Crippen molar-refractivity contribution >= 4 is 30.3 Å². The van der Waals surface area contributed by atoms with Crippen LogP contribution in [0.5, 0.6) is 0 Å². The monoisotopic (exact) mass is 450 g/mol. The summed E-state index contributed by atoms with van der Waals surface area (Å²) in [6, 6.07) is 31.3. The normalized spacial score (nSPS) is 12.7. The summed E-state index contributed by atoms with van der Waals surface area (Å²) in [7, 11) is -2.58. The summed E-state index contributed by atoms with van der Waals surface area (Å²) in [5.74, 6) is 0. The van der Waals surface area contributed by atoms with Crippen LogP contribution in [0, 0.1) is 0 Å². The SMILES string of the molecule is CC(C)(C)[Si](OC/C(Cl)=C\COCc1ccccc1)(c1ccccc1)c1ccccc1. The summed E-state index contributed by atoms with van der Waals surface area (Å²) in [4.78, 5) is 0. The standard InChI is InChI=1S/C27H31ClO2Si/c1-27(2,3)31(25-15-9-5-10-16-25,26-17-11-6-12-18-26)30-22-24(28)19-20-29-21-23-13-7-4-8-14-23/h4-19H,20-22H2,1-3H3/b24-19+. The van der Waals surface area contributed by atoms with E-state index >= 15 is 0 Å². The zero-order chi connectivity index (χ0) is 22.2. The Hall–Kier alpha value is -2.17. The second-order valence-corrected chi connectivity index (χ2v) is 13.4. The van der Waals surface area contributed by atoms with Crippen LogP contribution in [0.1, 0.15) is 26.3 Å². The van der Waals surface area contributed by atoms with Crippen molar-refractivity contribution in [2.24, 2.45) is 0 Å². The van der Waals surface area contributed by atoms with E-state index in [9.17, 15) is 0 Å². The summed E-state index contributed by atoms with van der Waals surface area (Å²) in [5, 5.41) is 3.09. The molecule has 0 N–H and O–H groups in total. The molecule has 0 saturated carbocycles. The molecule has 3 rings (SSSR count). The van der Waals surface area contributed by atoms with Crippen LogP contribution in [0.25, 0.3) is 0 Å². The fourth-order valence-corrected chi connectivity index (χ4v) is 8.63. The fraction of sp³-hybridized carbons (Fsp3) is 0.259. The van der Waals surface area contributed by atoms with E-state index < -0.39 is 8.32 Å². The van der Waals surface area contributed by atoms with Crippen LogP contribution in [0.2, 0.25) is 5.04 Å². The van der Waals surface area contributed by atoms with Crippen molar-refractivity contribution in [3.8, 4) is 0 Å². The van der Waals surface area contributed by atoms with E-state index in [0.717, 1.165) is 5.56 Å². The van der Waals surface area contributed by atoms with E-state index in [1.165, 1.54) is 10.4 Å². The minimum absolute atomic E-state index is 0.0727. The molecule has 0 spiro atoms. The molecule has 0 aliphatic carbocycles. The second kappa shape index (κ2) is 10.9. The van der Waals surface area contributed by atoms with Gasteiger partial charge in [0.25, 0.3) is 8.32 Å². The van der Waals surface area contributed by atoms with Crippen LogP contribution in [0.4, 0.5) is 0 Å². The Morgan fingerprint density at radius 3 is 1.77 bits per heavy atom. The van der Waals surface area contributed by atoms with E-state index in [4.69, 9.17) is 20.8 Å². The van der Waals surface area contributed by atoms with E-state index in [1.807, 2.05) is 36.4 Å². The fourth-order valence-electron chi connectivity index (χ4n) is 3.90. The van der Waals surface area contributed by atoms with Crippen molar-refractivity contribution in [2.45, 2.75) is 32.4 Å². The molecule has 0 radical (unpaired) electrons. The molecule has 4 heteroatoms. The van der Waals surface area contributed by atoms with Crippen molar-refractivity contribution < 1.29 is 9.16 Å². The smallest absolute Gasteiger partial charge is 0.261 e. The van der Waals surface area contributed by atoms with Crippen molar-refractivity contribution in [1.29, 1.82) is 0 Å². The molecule has 0 heterocycles. The summed E-state index contributed by atoms with van der Waals surface area (Å²) < 4.78 is 12.6. The summed E-state index contributed by atoms with van der Waals surface area (Å²) in [5.41, 5.74) is 1.15. The highest BCUT2D eigenvalue weighted by molar-refractivity contribution is 6.99. The van der Waals surface area contributed by atoms with Crippen LogP contribution in [0.3, 0.4) is 0 Å². The summed E-state index contributed by atoms with van der Waals surface area (Å²) in [6.07, 6.45) is 1.91. The molecule has 0 saturated heterocycles. The predicted octanol–water partition coefficient (Wildman–Crippen LogP) is 5.90. The predicted molar refractivity (Wildman–Crippen MR) is 134 cm³/mol. The van der Waals surface area contributed by atoms with Crippen molar-refractivity contribution in [3.63, 3.8) is 0 Å². The molecule has 0 fully saturated rings. The first-order chi connectivity index (χ1) is 14.9. The lowest BCUT2D eigenvalue weighted by molar-refractivity contribution is 0.148. The van der Waals surface area contributed by atoms with Crippen LogP contribution < -0.4 is 10.4 Å². The van der Waals surface area contributed by atoms with Gasteiger partial charge >= 0.3 is 0 Å². The largest absolute Gasteiger partial charge is 0.402 e. The van der Waals surface area contributed by atoms with Crippen LogP contribution in [-0.2, 0) is 15.8 Å². The van der Waals surface area contributed by atoms with Gasteiger partial charge in [0.15, 0.2) is 0 Å². The third kappa shape index (κ3) is 5.96. The molecule has 0 unspecified atom stereocenters.